The highest BCUT2D eigenvalue weighted by Gasteiger charge is 2.14. The first-order chi connectivity index (χ1) is 10.2. The van der Waals surface area contributed by atoms with Crippen LogP contribution in [0, 0.1) is 6.92 Å². The van der Waals surface area contributed by atoms with Gasteiger partial charge in [0.2, 0.25) is 0 Å². The SMILES string of the molecule is CCCc1ccccc1-n1c(CCl)nc2ccc(C)cc21. The van der Waals surface area contributed by atoms with Crippen LogP contribution in [0.3, 0.4) is 0 Å². The average Bonchev–Trinajstić information content (AvgIpc) is 2.86. The second kappa shape index (κ2) is 5.90. The van der Waals surface area contributed by atoms with Crippen LogP contribution in [-0.2, 0) is 12.3 Å². The summed E-state index contributed by atoms with van der Waals surface area (Å²) in [5.41, 5.74) is 5.91. The summed E-state index contributed by atoms with van der Waals surface area (Å²) < 4.78 is 2.21. The molecule has 0 N–H and O–H groups in total. The average molecular weight is 299 g/mol. The van der Waals surface area contributed by atoms with Gasteiger partial charge in [-0.25, -0.2) is 4.98 Å². The van der Waals surface area contributed by atoms with Gasteiger partial charge in [-0.3, -0.25) is 4.57 Å². The molecule has 0 aliphatic heterocycles. The molecule has 21 heavy (non-hydrogen) atoms. The number of nitrogens with zero attached hydrogens (tertiary/aromatic N) is 2. The predicted molar refractivity (Wildman–Crippen MR) is 89.4 cm³/mol. The first kappa shape index (κ1) is 14.2. The molecule has 2 aromatic carbocycles. The van der Waals surface area contributed by atoms with E-state index in [0.29, 0.717) is 5.88 Å². The summed E-state index contributed by atoms with van der Waals surface area (Å²) in [4.78, 5) is 4.68. The number of fused-ring (bicyclic) bond motifs is 1. The molecule has 108 valence electrons. The van der Waals surface area contributed by atoms with Gasteiger partial charge in [-0.2, -0.15) is 0 Å². The van der Waals surface area contributed by atoms with E-state index in [9.17, 15) is 0 Å². The molecule has 0 radical (unpaired) electrons. The van der Waals surface area contributed by atoms with Gasteiger partial charge in [0, 0.05) is 0 Å². The number of alkyl halides is 1. The van der Waals surface area contributed by atoms with Crippen molar-refractivity contribution < 1.29 is 0 Å². The Morgan fingerprint density at radius 1 is 1.14 bits per heavy atom. The third-order valence-electron chi connectivity index (χ3n) is 3.75. The van der Waals surface area contributed by atoms with Crippen LogP contribution in [0.4, 0.5) is 0 Å². The molecule has 1 heterocycles. The number of aryl methyl sites for hydroxylation is 2. The molecule has 3 rings (SSSR count). The van der Waals surface area contributed by atoms with E-state index in [0.717, 1.165) is 29.7 Å². The van der Waals surface area contributed by atoms with Gasteiger partial charge in [-0.15, -0.1) is 11.6 Å². The zero-order chi connectivity index (χ0) is 14.8. The number of rotatable bonds is 4. The number of hydrogen-bond acceptors (Lipinski definition) is 1. The van der Waals surface area contributed by atoms with E-state index in [1.165, 1.54) is 16.8 Å². The van der Waals surface area contributed by atoms with Crippen molar-refractivity contribution in [2.24, 2.45) is 0 Å². The number of hydrogen-bond donors (Lipinski definition) is 0. The summed E-state index contributed by atoms with van der Waals surface area (Å²) in [6.45, 7) is 4.31. The van der Waals surface area contributed by atoms with Crippen LogP contribution in [0.5, 0.6) is 0 Å². The molecule has 0 fully saturated rings. The number of imidazole rings is 1. The smallest absolute Gasteiger partial charge is 0.129 e. The highest BCUT2D eigenvalue weighted by atomic mass is 35.5. The first-order valence-corrected chi connectivity index (χ1v) is 7.90. The topological polar surface area (TPSA) is 17.8 Å². The van der Waals surface area contributed by atoms with Crippen LogP contribution in [0.2, 0.25) is 0 Å². The maximum atomic E-state index is 6.14. The second-order valence-electron chi connectivity index (χ2n) is 5.37. The molecule has 0 bridgehead atoms. The van der Waals surface area contributed by atoms with Crippen molar-refractivity contribution >= 4 is 22.6 Å². The Morgan fingerprint density at radius 3 is 2.71 bits per heavy atom. The lowest BCUT2D eigenvalue weighted by atomic mass is 10.1. The first-order valence-electron chi connectivity index (χ1n) is 7.36. The van der Waals surface area contributed by atoms with Crippen LogP contribution in [0.1, 0.15) is 30.3 Å². The van der Waals surface area contributed by atoms with E-state index < -0.39 is 0 Å². The van der Waals surface area contributed by atoms with Crippen molar-refractivity contribution in [3.8, 4) is 5.69 Å². The monoisotopic (exact) mass is 298 g/mol. The summed E-state index contributed by atoms with van der Waals surface area (Å²) in [7, 11) is 0. The Labute approximate surface area is 130 Å². The molecule has 3 aromatic rings. The Morgan fingerprint density at radius 2 is 1.95 bits per heavy atom. The number of aromatic nitrogens is 2. The van der Waals surface area contributed by atoms with Crippen molar-refractivity contribution in [3.63, 3.8) is 0 Å². The fourth-order valence-corrected chi connectivity index (χ4v) is 2.98. The van der Waals surface area contributed by atoms with E-state index >= 15 is 0 Å². The Bertz CT molecular complexity index is 774. The fourth-order valence-electron chi connectivity index (χ4n) is 2.80. The maximum absolute atomic E-state index is 6.14. The van der Waals surface area contributed by atoms with Gasteiger partial charge in [-0.1, -0.05) is 37.6 Å². The maximum Gasteiger partial charge on any atom is 0.129 e. The molecular weight excluding hydrogens is 280 g/mol. The normalized spacial score (nSPS) is 11.2. The number of halogens is 1. The lowest BCUT2D eigenvalue weighted by molar-refractivity contribution is 0.889. The van der Waals surface area contributed by atoms with Gasteiger partial charge in [-0.05, 0) is 42.7 Å². The molecule has 1 aromatic heterocycles. The van der Waals surface area contributed by atoms with E-state index in [2.05, 4.69) is 65.9 Å². The van der Waals surface area contributed by atoms with E-state index in [1.54, 1.807) is 0 Å². The Kier molecular flexibility index (Phi) is 3.98. The Balaban J connectivity index is 2.30. The minimum absolute atomic E-state index is 0.411. The quantitative estimate of drug-likeness (QED) is 0.618. The predicted octanol–water partition coefficient (Wildman–Crippen LogP) is 5.03. The van der Waals surface area contributed by atoms with Crippen LogP contribution < -0.4 is 0 Å². The van der Waals surface area contributed by atoms with Gasteiger partial charge in [0.15, 0.2) is 0 Å². The third-order valence-corrected chi connectivity index (χ3v) is 3.99. The second-order valence-corrected chi connectivity index (χ2v) is 5.64. The minimum Gasteiger partial charge on any atom is -0.295 e. The molecular formula is C18H19ClN2. The van der Waals surface area contributed by atoms with Gasteiger partial charge in [0.25, 0.3) is 0 Å². The lowest BCUT2D eigenvalue weighted by Crippen LogP contribution is -2.03. The molecule has 0 aliphatic carbocycles. The van der Waals surface area contributed by atoms with Crippen molar-refractivity contribution in [2.75, 3.05) is 0 Å². The van der Waals surface area contributed by atoms with E-state index in [1.807, 2.05) is 0 Å². The molecule has 2 nitrogen and oxygen atoms in total. The number of para-hydroxylation sites is 1. The molecule has 0 atom stereocenters. The third kappa shape index (κ3) is 2.56. The summed E-state index contributed by atoms with van der Waals surface area (Å²) in [6, 6.07) is 14.9. The molecule has 0 unspecified atom stereocenters. The highest BCUT2D eigenvalue weighted by Crippen LogP contribution is 2.26. The van der Waals surface area contributed by atoms with Gasteiger partial charge in [0.05, 0.1) is 22.6 Å². The summed E-state index contributed by atoms with van der Waals surface area (Å²) >= 11 is 6.14. The zero-order valence-electron chi connectivity index (χ0n) is 12.4. The van der Waals surface area contributed by atoms with Gasteiger partial charge >= 0.3 is 0 Å². The minimum atomic E-state index is 0.411. The van der Waals surface area contributed by atoms with Crippen LogP contribution in [0.15, 0.2) is 42.5 Å². The molecule has 3 heteroatoms. The van der Waals surface area contributed by atoms with Crippen molar-refractivity contribution in [3.05, 3.63) is 59.4 Å². The zero-order valence-corrected chi connectivity index (χ0v) is 13.2. The van der Waals surface area contributed by atoms with E-state index in [4.69, 9.17) is 11.6 Å². The molecule has 0 amide bonds. The van der Waals surface area contributed by atoms with Crippen molar-refractivity contribution in [1.82, 2.24) is 9.55 Å². The summed E-state index contributed by atoms with van der Waals surface area (Å²) in [5.74, 6) is 1.31. The number of benzene rings is 2. The molecule has 0 aliphatic rings. The molecule has 0 saturated heterocycles. The van der Waals surface area contributed by atoms with E-state index in [-0.39, 0.29) is 0 Å². The fraction of sp³-hybridized carbons (Fsp3) is 0.278. The summed E-state index contributed by atoms with van der Waals surface area (Å²) in [5, 5.41) is 0. The lowest BCUT2D eigenvalue weighted by Gasteiger charge is -2.13. The van der Waals surface area contributed by atoms with Crippen LogP contribution in [-0.4, -0.2) is 9.55 Å². The highest BCUT2D eigenvalue weighted by molar-refractivity contribution is 6.17. The van der Waals surface area contributed by atoms with Crippen molar-refractivity contribution in [1.29, 1.82) is 0 Å². The summed E-state index contributed by atoms with van der Waals surface area (Å²) in [6.07, 6.45) is 2.18. The van der Waals surface area contributed by atoms with Crippen LogP contribution >= 0.6 is 11.6 Å². The van der Waals surface area contributed by atoms with Crippen molar-refractivity contribution in [2.45, 2.75) is 32.6 Å². The standard InChI is InChI=1S/C18H19ClN2/c1-3-6-14-7-4-5-8-16(14)21-17-11-13(2)9-10-15(17)20-18(21)12-19/h4-5,7-11H,3,6,12H2,1-2H3. The molecule has 0 spiro atoms. The van der Waals surface area contributed by atoms with Crippen LogP contribution in [0.25, 0.3) is 16.7 Å². The molecule has 0 saturated carbocycles. The van der Waals surface area contributed by atoms with Gasteiger partial charge in [0.1, 0.15) is 5.82 Å². The van der Waals surface area contributed by atoms with Gasteiger partial charge < -0.3 is 0 Å². The Hall–Kier alpha value is -1.80. The largest absolute Gasteiger partial charge is 0.295 e.